The van der Waals surface area contributed by atoms with Crippen LogP contribution in [-0.2, 0) is 9.53 Å². The minimum Gasteiger partial charge on any atom is -0.353 e. The van der Waals surface area contributed by atoms with Crippen LogP contribution in [0.2, 0.25) is 0 Å². The monoisotopic (exact) mass is 146 g/mol. The molecule has 2 nitrogen and oxygen atoms in total. The first kappa shape index (κ1) is 7.09. The number of hydrogen-bond donors (Lipinski definition) is 0. The van der Waals surface area contributed by atoms with Crippen molar-refractivity contribution in [2.24, 2.45) is 0 Å². The molecule has 1 saturated heterocycles. The summed E-state index contributed by atoms with van der Waals surface area (Å²) >= 11 is 1.68. The average Bonchev–Trinajstić information content (AvgIpc) is 2.10. The van der Waals surface area contributed by atoms with Crippen molar-refractivity contribution < 1.29 is 9.53 Å². The molecule has 0 aromatic heterocycles. The Labute approximate surface area is 59.0 Å². The molecule has 1 aliphatic rings. The molecular formula is C6H10O2S. The summed E-state index contributed by atoms with van der Waals surface area (Å²) in [5.74, 6) is 0.802. The van der Waals surface area contributed by atoms with Gasteiger partial charge in [-0.15, -0.1) is 11.8 Å². The molecule has 0 saturated carbocycles. The highest BCUT2D eigenvalue weighted by atomic mass is 32.2. The van der Waals surface area contributed by atoms with Gasteiger partial charge in [-0.3, -0.25) is 0 Å². The number of hydrogen-bond acceptors (Lipinski definition) is 3. The summed E-state index contributed by atoms with van der Waals surface area (Å²) in [4.78, 5) is 10.0. The zero-order chi connectivity index (χ0) is 6.91. The maximum atomic E-state index is 10.2. The molecule has 0 aliphatic carbocycles. The summed E-state index contributed by atoms with van der Waals surface area (Å²) in [6.45, 7) is 3.95. The van der Waals surface area contributed by atoms with Crippen molar-refractivity contribution in [3.8, 4) is 0 Å². The third-order valence-corrected chi connectivity index (χ3v) is 2.47. The molecular weight excluding hydrogens is 136 g/mol. The van der Waals surface area contributed by atoms with Crippen molar-refractivity contribution in [1.82, 2.24) is 0 Å². The van der Waals surface area contributed by atoms with Crippen LogP contribution in [0.5, 0.6) is 0 Å². The molecule has 0 amide bonds. The molecule has 1 unspecified atom stereocenters. The Kier molecular flexibility index (Phi) is 1.82. The summed E-state index contributed by atoms with van der Waals surface area (Å²) in [7, 11) is 0. The summed E-state index contributed by atoms with van der Waals surface area (Å²) < 4.78 is 5.29. The van der Waals surface area contributed by atoms with Gasteiger partial charge >= 0.3 is 0 Å². The van der Waals surface area contributed by atoms with Gasteiger partial charge in [0.25, 0.3) is 0 Å². The molecule has 0 bridgehead atoms. The van der Waals surface area contributed by atoms with Crippen molar-refractivity contribution in [2.45, 2.75) is 24.9 Å². The fourth-order valence-electron chi connectivity index (χ4n) is 0.782. The fraction of sp³-hybridized carbons (Fsp3) is 0.833. The number of thioether (sulfide) groups is 1. The molecule has 3 heteroatoms. The molecule has 0 spiro atoms. The lowest BCUT2D eigenvalue weighted by Crippen LogP contribution is -2.19. The van der Waals surface area contributed by atoms with E-state index < -0.39 is 0 Å². The first-order chi connectivity index (χ1) is 4.14. The van der Waals surface area contributed by atoms with E-state index in [4.69, 9.17) is 4.74 Å². The van der Waals surface area contributed by atoms with Crippen molar-refractivity contribution in [3.05, 3.63) is 0 Å². The molecule has 0 N–H and O–H groups in total. The van der Waals surface area contributed by atoms with E-state index in [1.54, 1.807) is 11.8 Å². The van der Waals surface area contributed by atoms with Crippen LogP contribution in [0.3, 0.4) is 0 Å². The number of carbonyl (C=O) groups excluding carboxylic acids is 1. The summed E-state index contributed by atoms with van der Waals surface area (Å²) in [6.07, 6.45) is 0.687. The van der Waals surface area contributed by atoms with Gasteiger partial charge in [-0.05, 0) is 13.8 Å². The largest absolute Gasteiger partial charge is 0.353 e. The predicted molar refractivity (Wildman–Crippen MR) is 37.5 cm³/mol. The Morgan fingerprint density at radius 3 is 2.67 bits per heavy atom. The van der Waals surface area contributed by atoms with E-state index in [0.717, 1.165) is 12.0 Å². The Morgan fingerprint density at radius 2 is 2.44 bits per heavy atom. The molecule has 0 aromatic carbocycles. The summed E-state index contributed by atoms with van der Waals surface area (Å²) in [6, 6.07) is 0. The highest BCUT2D eigenvalue weighted by molar-refractivity contribution is 8.00. The van der Waals surface area contributed by atoms with Crippen LogP contribution in [-0.4, -0.2) is 23.1 Å². The molecule has 9 heavy (non-hydrogen) atoms. The van der Waals surface area contributed by atoms with E-state index in [2.05, 4.69) is 0 Å². The van der Waals surface area contributed by atoms with Crippen LogP contribution in [0.25, 0.3) is 0 Å². The van der Waals surface area contributed by atoms with Crippen molar-refractivity contribution >= 4 is 18.0 Å². The molecule has 0 aromatic rings. The second-order valence-electron chi connectivity index (χ2n) is 2.50. The summed E-state index contributed by atoms with van der Waals surface area (Å²) in [5.41, 5.74) is 0. The smallest absolute Gasteiger partial charge is 0.149 e. The van der Waals surface area contributed by atoms with E-state index in [1.165, 1.54) is 0 Å². The zero-order valence-electron chi connectivity index (χ0n) is 5.59. The van der Waals surface area contributed by atoms with E-state index in [9.17, 15) is 4.79 Å². The van der Waals surface area contributed by atoms with Crippen molar-refractivity contribution in [1.29, 1.82) is 0 Å². The van der Waals surface area contributed by atoms with Gasteiger partial charge in [-0.1, -0.05) is 0 Å². The third-order valence-electron chi connectivity index (χ3n) is 1.18. The van der Waals surface area contributed by atoms with Gasteiger partial charge in [0.2, 0.25) is 0 Å². The van der Waals surface area contributed by atoms with Gasteiger partial charge in [-0.25, -0.2) is 0 Å². The number of carbonyl (C=O) groups is 1. The van der Waals surface area contributed by atoms with Crippen LogP contribution in [0.4, 0.5) is 0 Å². The number of aldehydes is 1. The van der Waals surface area contributed by atoms with Gasteiger partial charge in [-0.2, -0.15) is 0 Å². The molecule has 1 rings (SSSR count). The highest BCUT2D eigenvalue weighted by Gasteiger charge is 2.31. The van der Waals surface area contributed by atoms with Crippen molar-refractivity contribution in [2.75, 3.05) is 5.75 Å². The summed E-state index contributed by atoms with van der Waals surface area (Å²) in [5, 5.41) is 0. The maximum Gasteiger partial charge on any atom is 0.149 e. The Morgan fingerprint density at radius 1 is 1.78 bits per heavy atom. The van der Waals surface area contributed by atoms with E-state index >= 15 is 0 Å². The van der Waals surface area contributed by atoms with Gasteiger partial charge in [0, 0.05) is 5.75 Å². The Hall–Kier alpha value is -0.0200. The normalized spacial score (nSPS) is 32.4. The maximum absolute atomic E-state index is 10.2. The zero-order valence-corrected chi connectivity index (χ0v) is 6.40. The van der Waals surface area contributed by atoms with E-state index in [0.29, 0.717) is 0 Å². The lowest BCUT2D eigenvalue weighted by molar-refractivity contribution is -0.118. The predicted octanol–water partition coefficient (Wildman–Crippen LogP) is 1.05. The van der Waals surface area contributed by atoms with Crippen LogP contribution in [0.15, 0.2) is 0 Å². The lowest BCUT2D eigenvalue weighted by Gasteiger charge is -2.14. The van der Waals surface area contributed by atoms with Gasteiger partial charge in [0.05, 0.1) is 0 Å². The fourth-order valence-corrected chi connectivity index (χ4v) is 1.69. The topological polar surface area (TPSA) is 26.3 Å². The van der Waals surface area contributed by atoms with Crippen LogP contribution < -0.4 is 0 Å². The van der Waals surface area contributed by atoms with Crippen LogP contribution in [0, 0.1) is 0 Å². The lowest BCUT2D eigenvalue weighted by atomic mass is 10.4. The first-order valence-corrected chi connectivity index (χ1v) is 3.90. The number of rotatable bonds is 1. The van der Waals surface area contributed by atoms with Gasteiger partial charge < -0.3 is 9.53 Å². The second-order valence-corrected chi connectivity index (χ2v) is 4.11. The Balaban J connectivity index is 2.47. The molecule has 0 radical (unpaired) electrons. The minimum absolute atomic E-state index is 0.147. The van der Waals surface area contributed by atoms with Gasteiger partial charge in [0.15, 0.2) is 0 Å². The van der Waals surface area contributed by atoms with E-state index in [1.807, 2.05) is 13.8 Å². The number of ether oxygens (including phenoxy) is 1. The molecule has 1 heterocycles. The second kappa shape index (κ2) is 2.31. The van der Waals surface area contributed by atoms with Crippen molar-refractivity contribution in [3.63, 3.8) is 0 Å². The molecule has 1 aliphatic heterocycles. The molecule has 1 atom stereocenters. The minimum atomic E-state index is -0.176. The third kappa shape index (κ3) is 1.69. The highest BCUT2D eigenvalue weighted by Crippen LogP contribution is 2.34. The first-order valence-electron chi connectivity index (χ1n) is 2.91. The quantitative estimate of drug-likeness (QED) is 0.517. The molecule has 1 fully saturated rings. The van der Waals surface area contributed by atoms with Crippen LogP contribution in [0.1, 0.15) is 13.8 Å². The van der Waals surface area contributed by atoms with E-state index in [-0.39, 0.29) is 11.0 Å². The van der Waals surface area contributed by atoms with Crippen LogP contribution >= 0.6 is 11.8 Å². The van der Waals surface area contributed by atoms with Gasteiger partial charge in [0.1, 0.15) is 17.3 Å². The SMILES string of the molecule is CC1(C)OC(C=O)CS1. The standard InChI is InChI=1S/C6H10O2S/c1-6(2)8-5(3-7)4-9-6/h3,5H,4H2,1-2H3. The Bertz CT molecular complexity index is 122. The average molecular weight is 146 g/mol. The molecule has 52 valence electrons.